The predicted octanol–water partition coefficient (Wildman–Crippen LogP) is 4.74. The maximum atomic E-state index is 12.9. The van der Waals surface area contributed by atoms with Crippen molar-refractivity contribution in [1.82, 2.24) is 4.98 Å². The molecule has 0 spiro atoms. The number of aromatic nitrogens is 1. The zero-order chi connectivity index (χ0) is 20.8. The molecular weight excluding hydrogens is 454 g/mol. The molecule has 0 N–H and O–H groups in total. The lowest BCUT2D eigenvalue weighted by atomic mass is 9.91. The van der Waals surface area contributed by atoms with Crippen molar-refractivity contribution in [2.45, 2.75) is 51.9 Å². The number of benzene rings is 1. The molecule has 29 heavy (non-hydrogen) atoms. The molecule has 1 aliphatic carbocycles. The number of thiazole rings is 1. The van der Waals surface area contributed by atoms with Gasteiger partial charge in [-0.2, -0.15) is 0 Å². The van der Waals surface area contributed by atoms with Gasteiger partial charge >= 0.3 is 5.97 Å². The molecule has 0 saturated heterocycles. The Morgan fingerprint density at radius 3 is 2.66 bits per heavy atom. The smallest absolute Gasteiger partial charge is 0.311 e. The van der Waals surface area contributed by atoms with E-state index in [4.69, 9.17) is 4.74 Å². The summed E-state index contributed by atoms with van der Waals surface area (Å²) in [5.74, 6) is -0.0921. The molecule has 0 amide bonds. The van der Waals surface area contributed by atoms with Gasteiger partial charge in [0.05, 0.1) is 25.1 Å². The molecule has 7 heteroatoms. The average molecular weight is 478 g/mol. The third kappa shape index (κ3) is 6.06. The molecule has 5 nitrogen and oxygen atoms in total. The summed E-state index contributed by atoms with van der Waals surface area (Å²) in [6, 6.07) is 5.57. The minimum absolute atomic E-state index is 0.00447. The summed E-state index contributed by atoms with van der Waals surface area (Å²) >= 11 is 4.81. The molecule has 0 unspecified atom stereocenters. The lowest BCUT2D eigenvalue weighted by molar-refractivity contribution is -0.142. The number of ketones is 2. The van der Waals surface area contributed by atoms with Crippen molar-refractivity contribution in [2.24, 2.45) is 5.92 Å². The third-order valence-electron chi connectivity index (χ3n) is 5.03. The molecule has 2 aromatic rings. The van der Waals surface area contributed by atoms with Gasteiger partial charge in [0.1, 0.15) is 10.8 Å². The first kappa shape index (κ1) is 21.8. The Morgan fingerprint density at radius 2 is 1.93 bits per heavy atom. The summed E-state index contributed by atoms with van der Waals surface area (Å²) < 4.78 is 5.77. The van der Waals surface area contributed by atoms with Crippen LogP contribution in [0.1, 0.15) is 59.2 Å². The normalized spacial score (nSPS) is 14.1. The Hall–Kier alpha value is -1.86. The Kier molecular flexibility index (Phi) is 7.72. The summed E-state index contributed by atoms with van der Waals surface area (Å²) in [6.45, 7) is 2.10. The van der Waals surface area contributed by atoms with Crippen LogP contribution >= 0.6 is 27.3 Å². The first-order valence-electron chi connectivity index (χ1n) is 9.89. The van der Waals surface area contributed by atoms with Gasteiger partial charge in [-0.3, -0.25) is 14.4 Å². The van der Waals surface area contributed by atoms with E-state index in [9.17, 15) is 14.4 Å². The van der Waals surface area contributed by atoms with Crippen LogP contribution in [0, 0.1) is 5.92 Å². The highest BCUT2D eigenvalue weighted by Gasteiger charge is 2.26. The number of hydrogen-bond acceptors (Lipinski definition) is 6. The Morgan fingerprint density at radius 1 is 1.17 bits per heavy atom. The molecule has 3 rings (SSSR count). The van der Waals surface area contributed by atoms with Gasteiger partial charge in [0, 0.05) is 27.8 Å². The molecule has 1 aromatic carbocycles. The fraction of sp³-hybridized carbons (Fsp3) is 0.455. The number of carbonyl (C=O) groups is 3. The van der Waals surface area contributed by atoms with Gasteiger partial charge in [-0.1, -0.05) is 34.8 Å². The molecule has 1 heterocycles. The number of ether oxygens (including phenoxy) is 1. The predicted molar refractivity (Wildman–Crippen MR) is 115 cm³/mol. The van der Waals surface area contributed by atoms with E-state index in [-0.39, 0.29) is 42.7 Å². The summed E-state index contributed by atoms with van der Waals surface area (Å²) in [5, 5.41) is 2.46. The molecule has 0 aliphatic heterocycles. The SMILES string of the molecule is CCOC(=O)Cc1csc(CC(=O)Cc2ccc(Br)cc2C(=O)C2CCCC2)n1. The lowest BCUT2D eigenvalue weighted by Crippen LogP contribution is -2.16. The molecular formula is C22H24BrNO4S. The number of rotatable bonds is 9. The van der Waals surface area contributed by atoms with Crippen LogP contribution in [0.25, 0.3) is 0 Å². The van der Waals surface area contributed by atoms with Crippen LogP contribution in [-0.4, -0.2) is 29.1 Å². The molecule has 1 aliphatic rings. The van der Waals surface area contributed by atoms with Gasteiger partial charge in [-0.15, -0.1) is 11.3 Å². The largest absolute Gasteiger partial charge is 0.466 e. The topological polar surface area (TPSA) is 73.3 Å². The molecule has 0 atom stereocenters. The van der Waals surface area contributed by atoms with E-state index in [1.165, 1.54) is 11.3 Å². The van der Waals surface area contributed by atoms with E-state index in [0.29, 0.717) is 22.9 Å². The molecule has 1 aromatic heterocycles. The number of Topliss-reactive ketones (excluding diaryl/α,β-unsaturated/α-hetero) is 2. The average Bonchev–Trinajstić information content (AvgIpc) is 3.35. The number of esters is 1. The number of carbonyl (C=O) groups excluding carboxylic acids is 3. The Bertz CT molecular complexity index is 902. The summed E-state index contributed by atoms with van der Waals surface area (Å²) in [6.07, 6.45) is 4.57. The second-order valence-corrected chi connectivity index (χ2v) is 9.11. The molecule has 1 saturated carbocycles. The van der Waals surface area contributed by atoms with E-state index in [1.807, 2.05) is 18.2 Å². The minimum atomic E-state index is -0.319. The lowest BCUT2D eigenvalue weighted by Gasteiger charge is -2.13. The van der Waals surface area contributed by atoms with E-state index in [0.717, 1.165) is 35.7 Å². The molecule has 0 radical (unpaired) electrons. The highest BCUT2D eigenvalue weighted by atomic mass is 79.9. The standard InChI is InChI=1S/C22H24BrNO4S/c1-2-28-21(26)11-17-13-29-20(24-17)12-18(25)9-15-7-8-16(23)10-19(15)22(27)14-5-3-4-6-14/h7-8,10,13-14H,2-6,9,11-12H2,1H3. The van der Waals surface area contributed by atoms with Crippen molar-refractivity contribution < 1.29 is 19.1 Å². The van der Waals surface area contributed by atoms with Crippen LogP contribution in [0.15, 0.2) is 28.1 Å². The summed E-state index contributed by atoms with van der Waals surface area (Å²) in [7, 11) is 0. The second-order valence-electron chi connectivity index (χ2n) is 7.25. The van der Waals surface area contributed by atoms with Gasteiger partial charge < -0.3 is 4.74 Å². The first-order valence-corrected chi connectivity index (χ1v) is 11.6. The van der Waals surface area contributed by atoms with Crippen LogP contribution in [0.2, 0.25) is 0 Å². The fourth-order valence-corrected chi connectivity index (χ4v) is 4.84. The molecule has 154 valence electrons. The quantitative estimate of drug-likeness (QED) is 0.385. The third-order valence-corrected chi connectivity index (χ3v) is 6.42. The van der Waals surface area contributed by atoms with Crippen molar-refractivity contribution in [3.8, 4) is 0 Å². The van der Waals surface area contributed by atoms with Gasteiger partial charge in [0.2, 0.25) is 0 Å². The van der Waals surface area contributed by atoms with Gasteiger partial charge in [0.25, 0.3) is 0 Å². The van der Waals surface area contributed by atoms with Crippen molar-refractivity contribution >= 4 is 44.8 Å². The van der Waals surface area contributed by atoms with Crippen molar-refractivity contribution in [2.75, 3.05) is 6.61 Å². The van der Waals surface area contributed by atoms with Crippen molar-refractivity contribution in [3.63, 3.8) is 0 Å². The van der Waals surface area contributed by atoms with Gasteiger partial charge in [0.15, 0.2) is 5.78 Å². The van der Waals surface area contributed by atoms with E-state index in [2.05, 4.69) is 20.9 Å². The number of halogens is 1. The first-order chi connectivity index (χ1) is 14.0. The van der Waals surface area contributed by atoms with E-state index in [1.54, 1.807) is 12.3 Å². The van der Waals surface area contributed by atoms with Crippen LogP contribution in [0.5, 0.6) is 0 Å². The monoisotopic (exact) mass is 477 g/mol. The van der Waals surface area contributed by atoms with Gasteiger partial charge in [-0.05, 0) is 37.5 Å². The van der Waals surface area contributed by atoms with Crippen molar-refractivity contribution in [3.05, 3.63) is 49.9 Å². The van der Waals surface area contributed by atoms with Gasteiger partial charge in [-0.25, -0.2) is 4.98 Å². The van der Waals surface area contributed by atoms with Crippen LogP contribution in [-0.2, 0) is 33.6 Å². The number of nitrogens with zero attached hydrogens (tertiary/aromatic N) is 1. The summed E-state index contributed by atoms with van der Waals surface area (Å²) in [4.78, 5) is 41.5. The maximum Gasteiger partial charge on any atom is 0.311 e. The Balaban J connectivity index is 1.66. The Labute approximate surface area is 183 Å². The van der Waals surface area contributed by atoms with Crippen LogP contribution in [0.3, 0.4) is 0 Å². The highest BCUT2D eigenvalue weighted by molar-refractivity contribution is 9.10. The van der Waals surface area contributed by atoms with E-state index >= 15 is 0 Å². The molecule has 0 bridgehead atoms. The van der Waals surface area contributed by atoms with Crippen LogP contribution in [0.4, 0.5) is 0 Å². The van der Waals surface area contributed by atoms with Crippen molar-refractivity contribution in [1.29, 1.82) is 0 Å². The number of hydrogen-bond donors (Lipinski definition) is 0. The molecule has 1 fully saturated rings. The van der Waals surface area contributed by atoms with Crippen LogP contribution < -0.4 is 0 Å². The highest BCUT2D eigenvalue weighted by Crippen LogP contribution is 2.30. The maximum absolute atomic E-state index is 12.9. The minimum Gasteiger partial charge on any atom is -0.466 e. The van der Waals surface area contributed by atoms with E-state index < -0.39 is 0 Å². The second kappa shape index (κ2) is 10.3. The fourth-order valence-electron chi connectivity index (χ4n) is 3.65. The zero-order valence-corrected chi connectivity index (χ0v) is 18.8. The summed E-state index contributed by atoms with van der Waals surface area (Å²) in [5.41, 5.74) is 2.05. The zero-order valence-electron chi connectivity index (χ0n) is 16.4.